The van der Waals surface area contributed by atoms with Crippen molar-refractivity contribution in [2.75, 3.05) is 10.8 Å². The number of benzene rings is 1. The van der Waals surface area contributed by atoms with Crippen molar-refractivity contribution in [1.82, 2.24) is 0 Å². The number of anilines is 1. The smallest absolute Gasteiger partial charge is 0.355 e. The number of rotatable bonds is 5. The molecule has 0 spiro atoms. The first-order valence-electron chi connectivity index (χ1n) is 4.52. The highest BCUT2D eigenvalue weighted by atomic mass is 35.5. The van der Waals surface area contributed by atoms with Gasteiger partial charge in [-0.25, -0.2) is 8.42 Å². The molecule has 0 atom stereocenters. The number of hydrogen-bond donors (Lipinski definition) is 1. The molecule has 5 nitrogen and oxygen atoms in total. The van der Waals surface area contributed by atoms with Gasteiger partial charge in [-0.1, -0.05) is 17.7 Å². The van der Waals surface area contributed by atoms with Gasteiger partial charge in [0.25, 0.3) is 10.0 Å². The Hall–Kier alpha value is -1.41. The molecule has 0 aliphatic carbocycles. The van der Waals surface area contributed by atoms with Crippen LogP contribution in [0.25, 0.3) is 0 Å². The fraction of sp³-hybridized carbons (Fsp3) is 0.222. The lowest BCUT2D eigenvalue weighted by molar-refractivity contribution is -0.135. The molecule has 0 aromatic heterocycles. The summed E-state index contributed by atoms with van der Waals surface area (Å²) >= 11 is 5.60. The van der Waals surface area contributed by atoms with Gasteiger partial charge < -0.3 is 5.11 Å². The Balaban J connectivity index is 3.26. The summed E-state index contributed by atoms with van der Waals surface area (Å²) < 4.78 is 47.7. The molecule has 0 bridgehead atoms. The van der Waals surface area contributed by atoms with Crippen molar-refractivity contribution in [3.05, 3.63) is 29.3 Å². The summed E-state index contributed by atoms with van der Waals surface area (Å²) in [7, 11) is -5.04. The number of halogens is 3. The van der Waals surface area contributed by atoms with E-state index in [0.29, 0.717) is 0 Å². The molecule has 0 saturated heterocycles. The Labute approximate surface area is 107 Å². The highest BCUT2D eigenvalue weighted by Crippen LogP contribution is 2.24. The van der Waals surface area contributed by atoms with E-state index in [2.05, 4.69) is 0 Å². The van der Waals surface area contributed by atoms with Crippen molar-refractivity contribution in [3.63, 3.8) is 0 Å². The minimum atomic E-state index is -5.04. The van der Waals surface area contributed by atoms with E-state index < -0.39 is 28.3 Å². The number of sulfonamides is 1. The van der Waals surface area contributed by atoms with Gasteiger partial charge in [0.2, 0.25) is 0 Å². The normalized spacial score (nSPS) is 11.6. The average molecular weight is 300 g/mol. The van der Waals surface area contributed by atoms with Crippen molar-refractivity contribution in [1.29, 1.82) is 0 Å². The van der Waals surface area contributed by atoms with E-state index >= 15 is 0 Å². The number of hydrogen-bond acceptors (Lipinski definition) is 3. The first-order valence-corrected chi connectivity index (χ1v) is 6.40. The fourth-order valence-electron chi connectivity index (χ4n) is 1.18. The fourth-order valence-corrected chi connectivity index (χ4v) is 2.25. The molecule has 0 fully saturated rings. The number of alkyl halides is 2. The zero-order chi connectivity index (χ0) is 13.9. The Morgan fingerprint density at radius 2 is 2.06 bits per heavy atom. The van der Waals surface area contributed by atoms with Gasteiger partial charge in [0.05, 0.1) is 5.69 Å². The van der Waals surface area contributed by atoms with Gasteiger partial charge in [-0.3, -0.25) is 9.10 Å². The lowest BCUT2D eigenvalue weighted by atomic mass is 10.3. The van der Waals surface area contributed by atoms with Crippen LogP contribution >= 0.6 is 11.6 Å². The third-order valence-electron chi connectivity index (χ3n) is 1.91. The molecule has 1 N–H and O–H groups in total. The van der Waals surface area contributed by atoms with Crippen LogP contribution in [-0.4, -0.2) is 31.8 Å². The Morgan fingerprint density at radius 3 is 2.50 bits per heavy atom. The van der Waals surface area contributed by atoms with Crippen LogP contribution in [0.4, 0.5) is 14.5 Å². The van der Waals surface area contributed by atoms with E-state index in [1.807, 2.05) is 0 Å². The summed E-state index contributed by atoms with van der Waals surface area (Å²) in [5, 5.41) is 8.68. The van der Waals surface area contributed by atoms with Crippen molar-refractivity contribution in [2.24, 2.45) is 0 Å². The summed E-state index contributed by atoms with van der Waals surface area (Å²) in [6.45, 7) is -1.10. The third-order valence-corrected chi connectivity index (χ3v) is 3.55. The molecule has 9 heteroatoms. The molecule has 0 unspecified atom stereocenters. The van der Waals surface area contributed by atoms with Gasteiger partial charge >= 0.3 is 11.7 Å². The monoisotopic (exact) mass is 299 g/mol. The second-order valence-corrected chi connectivity index (χ2v) is 5.45. The van der Waals surface area contributed by atoms with Crippen molar-refractivity contribution >= 4 is 33.3 Å². The van der Waals surface area contributed by atoms with Gasteiger partial charge in [-0.15, -0.1) is 0 Å². The van der Waals surface area contributed by atoms with Crippen LogP contribution in [0.15, 0.2) is 24.3 Å². The second kappa shape index (κ2) is 5.49. The molecular weight excluding hydrogens is 292 g/mol. The number of nitrogens with zero attached hydrogens (tertiary/aromatic N) is 1. The number of carboxylic acids is 1. The van der Waals surface area contributed by atoms with E-state index in [1.165, 1.54) is 18.2 Å². The molecule has 0 radical (unpaired) electrons. The predicted octanol–water partition coefficient (Wildman–Crippen LogP) is 1.78. The number of aliphatic carboxylic acids is 1. The van der Waals surface area contributed by atoms with E-state index in [-0.39, 0.29) is 15.0 Å². The van der Waals surface area contributed by atoms with Crippen LogP contribution in [0.1, 0.15) is 0 Å². The molecule has 1 rings (SSSR count). The van der Waals surface area contributed by atoms with Crippen molar-refractivity contribution in [2.45, 2.75) is 5.76 Å². The minimum absolute atomic E-state index is 0.103. The van der Waals surface area contributed by atoms with Crippen LogP contribution in [-0.2, 0) is 14.8 Å². The molecule has 0 heterocycles. The summed E-state index contributed by atoms with van der Waals surface area (Å²) in [6, 6.07) is 4.99. The van der Waals surface area contributed by atoms with Crippen molar-refractivity contribution in [3.8, 4) is 0 Å². The number of carbonyl (C=O) groups is 1. The van der Waals surface area contributed by atoms with Crippen LogP contribution in [0.5, 0.6) is 0 Å². The first kappa shape index (κ1) is 14.7. The van der Waals surface area contributed by atoms with Gasteiger partial charge in [0.1, 0.15) is 6.54 Å². The first-order chi connectivity index (χ1) is 8.25. The van der Waals surface area contributed by atoms with Crippen LogP contribution < -0.4 is 4.31 Å². The second-order valence-electron chi connectivity index (χ2n) is 3.19. The lowest BCUT2D eigenvalue weighted by Gasteiger charge is -2.22. The maximum absolute atomic E-state index is 12.4. The highest BCUT2D eigenvalue weighted by molar-refractivity contribution is 7.93. The van der Waals surface area contributed by atoms with Gasteiger partial charge in [-0.05, 0) is 18.2 Å². The van der Waals surface area contributed by atoms with E-state index in [0.717, 1.165) is 6.07 Å². The van der Waals surface area contributed by atoms with Crippen LogP contribution in [0.3, 0.4) is 0 Å². The summed E-state index contributed by atoms with van der Waals surface area (Å²) in [6.07, 6.45) is 0. The van der Waals surface area contributed by atoms with E-state index in [1.54, 1.807) is 0 Å². The molecule has 0 aliphatic rings. The molecular formula is C9H8ClF2NO4S. The van der Waals surface area contributed by atoms with Gasteiger partial charge in [-0.2, -0.15) is 8.78 Å². The van der Waals surface area contributed by atoms with Gasteiger partial charge in [0, 0.05) is 5.02 Å². The Morgan fingerprint density at radius 1 is 1.44 bits per heavy atom. The molecule has 0 amide bonds. The predicted molar refractivity (Wildman–Crippen MR) is 61.4 cm³/mol. The van der Waals surface area contributed by atoms with Crippen LogP contribution in [0, 0.1) is 0 Å². The third kappa shape index (κ3) is 3.30. The molecule has 0 saturated carbocycles. The molecule has 1 aromatic carbocycles. The maximum Gasteiger partial charge on any atom is 0.355 e. The molecule has 0 aliphatic heterocycles. The van der Waals surface area contributed by atoms with Crippen molar-refractivity contribution < 1.29 is 27.1 Å². The summed E-state index contributed by atoms with van der Waals surface area (Å²) in [5.41, 5.74) is -0.231. The van der Waals surface area contributed by atoms with E-state index in [4.69, 9.17) is 16.7 Å². The largest absolute Gasteiger partial charge is 0.480 e. The SMILES string of the molecule is O=C(O)CN(c1cccc(Cl)c1)S(=O)(=O)C(F)F. The van der Waals surface area contributed by atoms with E-state index in [9.17, 15) is 22.0 Å². The number of carboxylic acid groups (broad SMARTS) is 1. The minimum Gasteiger partial charge on any atom is -0.480 e. The zero-order valence-electron chi connectivity index (χ0n) is 8.76. The summed E-state index contributed by atoms with van der Waals surface area (Å²) in [4.78, 5) is 10.6. The van der Waals surface area contributed by atoms with Gasteiger partial charge in [0.15, 0.2) is 0 Å². The molecule has 1 aromatic rings. The average Bonchev–Trinajstić information content (AvgIpc) is 2.25. The maximum atomic E-state index is 12.4. The Kier molecular flexibility index (Phi) is 4.47. The highest BCUT2D eigenvalue weighted by Gasteiger charge is 2.33. The lowest BCUT2D eigenvalue weighted by Crippen LogP contribution is -2.39. The standard InChI is InChI=1S/C9H8ClF2NO4S/c10-6-2-1-3-7(4-6)13(5-8(14)15)18(16,17)9(11)12/h1-4,9H,5H2,(H,14,15). The zero-order valence-corrected chi connectivity index (χ0v) is 10.3. The summed E-state index contributed by atoms with van der Waals surface area (Å²) in [5.74, 6) is -5.27. The molecule has 18 heavy (non-hydrogen) atoms. The van der Waals surface area contributed by atoms with Crippen LogP contribution in [0.2, 0.25) is 5.02 Å². The molecule has 100 valence electrons. The topological polar surface area (TPSA) is 74.7 Å². The Bertz CT molecular complexity index is 549. The quantitative estimate of drug-likeness (QED) is 0.899.